The number of alkyl halides is 1. The highest BCUT2D eigenvalue weighted by molar-refractivity contribution is 6.18. The Bertz CT molecular complexity index is 279. The van der Waals surface area contributed by atoms with Crippen LogP contribution in [0.4, 0.5) is 5.95 Å². The molecule has 1 heterocycles. The highest BCUT2D eigenvalue weighted by Crippen LogP contribution is 2.18. The third-order valence-electron chi connectivity index (χ3n) is 2.55. The Morgan fingerprint density at radius 3 is 2.79 bits per heavy atom. The van der Waals surface area contributed by atoms with Crippen molar-refractivity contribution in [2.45, 2.75) is 39.3 Å². The van der Waals surface area contributed by atoms with Crippen molar-refractivity contribution in [1.29, 1.82) is 0 Å². The van der Waals surface area contributed by atoms with Crippen LogP contribution >= 0.6 is 11.6 Å². The van der Waals surface area contributed by atoms with Crippen LogP contribution in [0.3, 0.4) is 0 Å². The first-order valence-electron chi connectivity index (χ1n) is 5.00. The Labute approximate surface area is 90.5 Å². The molecule has 0 radical (unpaired) electrons. The third kappa shape index (κ3) is 2.41. The predicted molar refractivity (Wildman–Crippen MR) is 60.9 cm³/mol. The number of imidazole rings is 1. The molecule has 0 spiro atoms. The molecule has 0 bridgehead atoms. The molecule has 0 amide bonds. The zero-order valence-electron chi connectivity index (χ0n) is 9.05. The van der Waals surface area contributed by atoms with Gasteiger partial charge in [-0.1, -0.05) is 6.92 Å². The van der Waals surface area contributed by atoms with Crippen molar-refractivity contribution in [1.82, 2.24) is 9.55 Å². The minimum absolute atomic E-state index is 0.0696. The van der Waals surface area contributed by atoms with Crippen molar-refractivity contribution in [3.8, 4) is 0 Å². The smallest absolute Gasteiger partial charge is 0.203 e. The first kappa shape index (κ1) is 11.4. The molecule has 0 aliphatic heterocycles. The summed E-state index contributed by atoms with van der Waals surface area (Å²) in [5.41, 5.74) is -0.0696. The Balaban J connectivity index is 2.76. The van der Waals surface area contributed by atoms with Crippen molar-refractivity contribution in [2.24, 2.45) is 0 Å². The molecule has 0 aliphatic carbocycles. The lowest BCUT2D eigenvalue weighted by atomic mass is 10.0. The lowest BCUT2D eigenvalue weighted by Gasteiger charge is -2.27. The average molecular weight is 216 g/mol. The summed E-state index contributed by atoms with van der Waals surface area (Å²) in [6, 6.07) is 0. The molecule has 1 N–H and O–H groups in total. The largest absolute Gasteiger partial charge is 0.349 e. The number of aromatic nitrogens is 2. The van der Waals surface area contributed by atoms with Crippen LogP contribution in [0.5, 0.6) is 0 Å². The second-order valence-corrected chi connectivity index (χ2v) is 3.98. The molecule has 80 valence electrons. The quantitative estimate of drug-likeness (QED) is 0.766. The standard InChI is InChI=1S/C10H18ClN3/c1-4-10(3,8-11)13-9-12-6-7-14(9)5-2/h6-7H,4-5,8H2,1-3H3,(H,12,13). The van der Waals surface area contributed by atoms with Crippen LogP contribution in [0, 0.1) is 0 Å². The van der Waals surface area contributed by atoms with Crippen molar-refractivity contribution in [2.75, 3.05) is 11.2 Å². The van der Waals surface area contributed by atoms with Crippen LogP contribution in [0.25, 0.3) is 0 Å². The second-order valence-electron chi connectivity index (χ2n) is 3.71. The van der Waals surface area contributed by atoms with Crippen molar-refractivity contribution >= 4 is 17.5 Å². The highest BCUT2D eigenvalue weighted by atomic mass is 35.5. The fourth-order valence-electron chi connectivity index (χ4n) is 1.17. The van der Waals surface area contributed by atoms with E-state index in [1.54, 1.807) is 6.20 Å². The summed E-state index contributed by atoms with van der Waals surface area (Å²) in [5.74, 6) is 1.48. The van der Waals surface area contributed by atoms with E-state index in [2.05, 4.69) is 35.6 Å². The first-order valence-corrected chi connectivity index (χ1v) is 5.54. The van der Waals surface area contributed by atoms with E-state index in [1.165, 1.54) is 0 Å². The molecule has 0 fully saturated rings. The van der Waals surface area contributed by atoms with Gasteiger partial charge in [0, 0.05) is 24.8 Å². The van der Waals surface area contributed by atoms with Crippen LogP contribution in [0.2, 0.25) is 0 Å². The fourth-order valence-corrected chi connectivity index (χ4v) is 1.43. The van der Waals surface area contributed by atoms with Crippen molar-refractivity contribution in [3.63, 3.8) is 0 Å². The SMILES string of the molecule is CCn1ccnc1NC(C)(CC)CCl. The van der Waals surface area contributed by atoms with Gasteiger partial charge in [0.15, 0.2) is 0 Å². The molecule has 1 atom stereocenters. The van der Waals surface area contributed by atoms with Gasteiger partial charge >= 0.3 is 0 Å². The first-order chi connectivity index (χ1) is 6.65. The van der Waals surface area contributed by atoms with Crippen LogP contribution < -0.4 is 5.32 Å². The van der Waals surface area contributed by atoms with E-state index in [4.69, 9.17) is 11.6 Å². The zero-order chi connectivity index (χ0) is 10.6. The van der Waals surface area contributed by atoms with Crippen LogP contribution in [-0.4, -0.2) is 21.0 Å². The molecule has 3 nitrogen and oxygen atoms in total. The number of anilines is 1. The monoisotopic (exact) mass is 215 g/mol. The molecule has 0 saturated carbocycles. The number of rotatable bonds is 5. The minimum Gasteiger partial charge on any atom is -0.349 e. The second kappa shape index (κ2) is 4.69. The van der Waals surface area contributed by atoms with Crippen LogP contribution in [0.15, 0.2) is 12.4 Å². The molecule has 1 aromatic rings. The zero-order valence-corrected chi connectivity index (χ0v) is 9.80. The Kier molecular flexibility index (Phi) is 3.81. The summed E-state index contributed by atoms with van der Waals surface area (Å²) in [7, 11) is 0. The number of hydrogen-bond donors (Lipinski definition) is 1. The Morgan fingerprint density at radius 2 is 2.29 bits per heavy atom. The summed E-state index contributed by atoms with van der Waals surface area (Å²) < 4.78 is 2.07. The molecular weight excluding hydrogens is 198 g/mol. The third-order valence-corrected chi connectivity index (χ3v) is 3.13. The summed E-state index contributed by atoms with van der Waals surface area (Å²) in [5, 5.41) is 3.37. The fraction of sp³-hybridized carbons (Fsp3) is 0.700. The van der Waals surface area contributed by atoms with E-state index < -0.39 is 0 Å². The highest BCUT2D eigenvalue weighted by Gasteiger charge is 2.21. The minimum atomic E-state index is -0.0696. The van der Waals surface area contributed by atoms with E-state index in [-0.39, 0.29) is 5.54 Å². The van der Waals surface area contributed by atoms with Gasteiger partial charge in [0.05, 0.1) is 5.54 Å². The lowest BCUT2D eigenvalue weighted by Crippen LogP contribution is -2.37. The lowest BCUT2D eigenvalue weighted by molar-refractivity contribution is 0.542. The molecule has 14 heavy (non-hydrogen) atoms. The van der Waals surface area contributed by atoms with Crippen molar-refractivity contribution in [3.05, 3.63) is 12.4 Å². The average Bonchev–Trinajstić information content (AvgIpc) is 2.65. The van der Waals surface area contributed by atoms with Gasteiger partial charge in [0.1, 0.15) is 0 Å². The van der Waals surface area contributed by atoms with E-state index in [0.717, 1.165) is 18.9 Å². The van der Waals surface area contributed by atoms with Gasteiger partial charge in [0.2, 0.25) is 5.95 Å². The van der Waals surface area contributed by atoms with Gasteiger partial charge in [-0.2, -0.15) is 0 Å². The van der Waals surface area contributed by atoms with E-state index in [9.17, 15) is 0 Å². The number of aryl methyl sites for hydroxylation is 1. The maximum Gasteiger partial charge on any atom is 0.203 e. The molecule has 1 unspecified atom stereocenters. The maximum absolute atomic E-state index is 5.92. The molecule has 4 heteroatoms. The van der Waals surface area contributed by atoms with Crippen molar-refractivity contribution < 1.29 is 0 Å². The Hall–Kier alpha value is -0.700. The van der Waals surface area contributed by atoms with Gasteiger partial charge in [-0.15, -0.1) is 11.6 Å². The molecule has 0 aromatic carbocycles. The van der Waals surface area contributed by atoms with Crippen LogP contribution in [-0.2, 0) is 6.54 Å². The molecule has 0 saturated heterocycles. The topological polar surface area (TPSA) is 29.9 Å². The number of nitrogens with one attached hydrogen (secondary N) is 1. The summed E-state index contributed by atoms with van der Waals surface area (Å²) >= 11 is 5.92. The summed E-state index contributed by atoms with van der Waals surface area (Å²) in [6.45, 7) is 7.24. The normalized spacial score (nSPS) is 15.1. The molecular formula is C10H18ClN3. The predicted octanol–water partition coefficient (Wildman–Crippen LogP) is 2.72. The Morgan fingerprint density at radius 1 is 1.57 bits per heavy atom. The van der Waals surface area contributed by atoms with E-state index >= 15 is 0 Å². The van der Waals surface area contributed by atoms with E-state index in [1.807, 2.05) is 6.20 Å². The number of hydrogen-bond acceptors (Lipinski definition) is 2. The van der Waals surface area contributed by atoms with Crippen LogP contribution in [0.1, 0.15) is 27.2 Å². The van der Waals surface area contributed by atoms with Gasteiger partial charge in [-0.3, -0.25) is 0 Å². The maximum atomic E-state index is 5.92. The number of halogens is 1. The van der Waals surface area contributed by atoms with Gasteiger partial charge in [0.25, 0.3) is 0 Å². The van der Waals surface area contributed by atoms with E-state index in [0.29, 0.717) is 5.88 Å². The summed E-state index contributed by atoms with van der Waals surface area (Å²) in [4.78, 5) is 4.26. The molecule has 1 aromatic heterocycles. The number of nitrogens with zero attached hydrogens (tertiary/aromatic N) is 2. The van der Waals surface area contributed by atoms with Gasteiger partial charge < -0.3 is 9.88 Å². The van der Waals surface area contributed by atoms with Gasteiger partial charge in [-0.25, -0.2) is 4.98 Å². The molecule has 1 rings (SSSR count). The van der Waals surface area contributed by atoms with Gasteiger partial charge in [-0.05, 0) is 20.3 Å². The summed E-state index contributed by atoms with van der Waals surface area (Å²) in [6.07, 6.45) is 4.75. The molecule has 0 aliphatic rings.